The molecule has 0 saturated heterocycles. The second-order valence-electron chi connectivity index (χ2n) is 3.90. The first-order chi connectivity index (χ1) is 9.16. The monoisotopic (exact) mass is 298 g/mol. The fraction of sp³-hybridized carbons (Fsp3) is 0.250. The summed E-state index contributed by atoms with van der Waals surface area (Å²) >= 11 is 11.6. The Balaban J connectivity index is 1.82. The molecular weight excluding hydrogens is 287 g/mol. The molecule has 5 nitrogen and oxygen atoms in total. The van der Waals surface area contributed by atoms with Gasteiger partial charge < -0.3 is 9.88 Å². The van der Waals surface area contributed by atoms with Crippen LogP contribution >= 0.6 is 23.2 Å². The number of pyridine rings is 1. The lowest BCUT2D eigenvalue weighted by atomic mass is 10.2. The van der Waals surface area contributed by atoms with Crippen LogP contribution in [0.3, 0.4) is 0 Å². The van der Waals surface area contributed by atoms with E-state index in [0.29, 0.717) is 12.1 Å². The molecule has 0 aliphatic heterocycles. The van der Waals surface area contributed by atoms with Crippen molar-refractivity contribution >= 4 is 29.1 Å². The largest absolute Gasteiger partial charge is 0.352 e. The zero-order valence-corrected chi connectivity index (χ0v) is 11.5. The molecule has 0 saturated carbocycles. The Labute approximate surface area is 120 Å². The molecule has 1 N–H and O–H groups in total. The first kappa shape index (κ1) is 13.8. The number of hydrogen-bond acceptors (Lipinski definition) is 3. The summed E-state index contributed by atoms with van der Waals surface area (Å²) in [4.78, 5) is 19.6. The van der Waals surface area contributed by atoms with Crippen LogP contribution in [-0.4, -0.2) is 27.0 Å². The Morgan fingerprint density at radius 1 is 1.42 bits per heavy atom. The van der Waals surface area contributed by atoms with Gasteiger partial charge in [-0.15, -0.1) is 0 Å². The summed E-state index contributed by atoms with van der Waals surface area (Å²) in [5.74, 6) is -0.250. The summed E-state index contributed by atoms with van der Waals surface area (Å²) in [7, 11) is 0. The van der Waals surface area contributed by atoms with Gasteiger partial charge in [-0.2, -0.15) is 0 Å². The van der Waals surface area contributed by atoms with Crippen molar-refractivity contribution in [3.8, 4) is 0 Å². The van der Waals surface area contributed by atoms with Gasteiger partial charge in [0.25, 0.3) is 5.91 Å². The molecule has 1 amide bonds. The average Bonchev–Trinajstić information content (AvgIpc) is 2.90. The van der Waals surface area contributed by atoms with Gasteiger partial charge in [0.05, 0.1) is 16.9 Å². The minimum absolute atomic E-state index is 0.243. The van der Waals surface area contributed by atoms with Crippen molar-refractivity contribution in [1.29, 1.82) is 0 Å². The second-order valence-corrected chi connectivity index (χ2v) is 4.69. The van der Waals surface area contributed by atoms with Gasteiger partial charge in [0.15, 0.2) is 0 Å². The van der Waals surface area contributed by atoms with E-state index < -0.39 is 0 Å². The number of imidazole rings is 1. The number of halogens is 2. The molecule has 100 valence electrons. The fourth-order valence-electron chi connectivity index (χ4n) is 1.56. The molecule has 0 fully saturated rings. The third-order valence-electron chi connectivity index (χ3n) is 2.50. The van der Waals surface area contributed by atoms with Crippen LogP contribution in [0.5, 0.6) is 0 Å². The van der Waals surface area contributed by atoms with Gasteiger partial charge in [-0.3, -0.25) is 4.79 Å². The van der Waals surface area contributed by atoms with Crippen molar-refractivity contribution in [2.45, 2.75) is 13.0 Å². The quantitative estimate of drug-likeness (QED) is 0.681. The van der Waals surface area contributed by atoms with E-state index in [4.69, 9.17) is 23.2 Å². The van der Waals surface area contributed by atoms with Crippen molar-refractivity contribution < 1.29 is 4.79 Å². The van der Waals surface area contributed by atoms with E-state index in [1.54, 1.807) is 12.5 Å². The first-order valence-electron chi connectivity index (χ1n) is 5.72. The average molecular weight is 299 g/mol. The minimum atomic E-state index is -0.250. The summed E-state index contributed by atoms with van der Waals surface area (Å²) in [6.07, 6.45) is 7.50. The molecule has 19 heavy (non-hydrogen) atoms. The predicted molar refractivity (Wildman–Crippen MR) is 73.4 cm³/mol. The molecular formula is C12H12Cl2N4O. The summed E-state index contributed by atoms with van der Waals surface area (Å²) in [5, 5.41) is 3.32. The van der Waals surface area contributed by atoms with Crippen LogP contribution in [0.4, 0.5) is 0 Å². The highest BCUT2D eigenvalue weighted by molar-refractivity contribution is 6.35. The van der Waals surface area contributed by atoms with Crippen molar-refractivity contribution in [2.24, 2.45) is 0 Å². The number of nitrogens with zero attached hydrogens (tertiary/aromatic N) is 3. The Morgan fingerprint density at radius 2 is 2.26 bits per heavy atom. The maximum Gasteiger partial charge on any atom is 0.252 e. The predicted octanol–water partition coefficient (Wildman–Crippen LogP) is 2.41. The molecule has 0 aromatic carbocycles. The highest BCUT2D eigenvalue weighted by Crippen LogP contribution is 2.17. The number of aromatic nitrogens is 3. The van der Waals surface area contributed by atoms with E-state index in [1.165, 1.54) is 12.3 Å². The fourth-order valence-corrected chi connectivity index (χ4v) is 1.91. The lowest BCUT2D eigenvalue weighted by molar-refractivity contribution is 0.0953. The second kappa shape index (κ2) is 6.54. The van der Waals surface area contributed by atoms with Gasteiger partial charge in [0, 0.05) is 31.7 Å². The van der Waals surface area contributed by atoms with Crippen molar-refractivity contribution in [3.05, 3.63) is 46.7 Å². The molecule has 0 aliphatic rings. The molecule has 0 spiro atoms. The van der Waals surface area contributed by atoms with Gasteiger partial charge in [-0.1, -0.05) is 23.2 Å². The lowest BCUT2D eigenvalue weighted by Gasteiger charge is -2.07. The van der Waals surface area contributed by atoms with E-state index in [9.17, 15) is 4.79 Å². The van der Waals surface area contributed by atoms with E-state index in [0.717, 1.165) is 13.0 Å². The highest BCUT2D eigenvalue weighted by Gasteiger charge is 2.10. The normalized spacial score (nSPS) is 10.4. The maximum absolute atomic E-state index is 11.9. The van der Waals surface area contributed by atoms with Crippen LogP contribution < -0.4 is 5.32 Å². The smallest absolute Gasteiger partial charge is 0.252 e. The topological polar surface area (TPSA) is 59.8 Å². The van der Waals surface area contributed by atoms with Gasteiger partial charge >= 0.3 is 0 Å². The number of carbonyl (C=O) groups excluding carboxylic acids is 1. The molecule has 0 radical (unpaired) electrons. The van der Waals surface area contributed by atoms with Crippen LogP contribution in [0.2, 0.25) is 10.2 Å². The molecule has 2 aromatic rings. The Hall–Kier alpha value is -1.59. The van der Waals surface area contributed by atoms with Crippen LogP contribution in [0, 0.1) is 0 Å². The van der Waals surface area contributed by atoms with Crippen LogP contribution in [0.15, 0.2) is 31.0 Å². The van der Waals surface area contributed by atoms with Gasteiger partial charge in [-0.25, -0.2) is 9.97 Å². The minimum Gasteiger partial charge on any atom is -0.352 e. The van der Waals surface area contributed by atoms with E-state index in [2.05, 4.69) is 15.3 Å². The third-order valence-corrected chi connectivity index (χ3v) is 3.01. The molecule has 2 heterocycles. The Kier molecular flexibility index (Phi) is 4.76. The van der Waals surface area contributed by atoms with E-state index in [-0.39, 0.29) is 16.1 Å². The Morgan fingerprint density at radius 3 is 3.00 bits per heavy atom. The summed E-state index contributed by atoms with van der Waals surface area (Å²) in [6, 6.07) is 1.45. The summed E-state index contributed by atoms with van der Waals surface area (Å²) < 4.78 is 1.95. The standard InChI is InChI=1S/C12H12Cl2N4O/c13-10-7-17-11(14)6-9(10)12(19)16-2-1-4-18-5-3-15-8-18/h3,5-8H,1-2,4H2,(H,16,19). The van der Waals surface area contributed by atoms with Gasteiger partial charge in [0.1, 0.15) is 5.15 Å². The summed E-state index contributed by atoms with van der Waals surface area (Å²) in [6.45, 7) is 1.35. The number of nitrogens with one attached hydrogen (secondary N) is 1. The zero-order chi connectivity index (χ0) is 13.7. The highest BCUT2D eigenvalue weighted by atomic mass is 35.5. The number of carbonyl (C=O) groups is 1. The number of hydrogen-bond donors (Lipinski definition) is 1. The number of amides is 1. The number of aryl methyl sites for hydroxylation is 1. The van der Waals surface area contributed by atoms with Crippen LogP contribution in [-0.2, 0) is 6.54 Å². The maximum atomic E-state index is 11.9. The molecule has 2 rings (SSSR count). The van der Waals surface area contributed by atoms with Crippen molar-refractivity contribution in [3.63, 3.8) is 0 Å². The van der Waals surface area contributed by atoms with E-state index >= 15 is 0 Å². The van der Waals surface area contributed by atoms with Gasteiger partial charge in [-0.05, 0) is 12.5 Å². The third kappa shape index (κ3) is 3.94. The Bertz CT molecular complexity index is 557. The van der Waals surface area contributed by atoms with E-state index in [1.807, 2.05) is 10.8 Å². The molecule has 7 heteroatoms. The van der Waals surface area contributed by atoms with Crippen molar-refractivity contribution in [1.82, 2.24) is 19.9 Å². The molecule has 0 atom stereocenters. The SMILES string of the molecule is O=C(NCCCn1ccnc1)c1cc(Cl)ncc1Cl. The van der Waals surface area contributed by atoms with Crippen LogP contribution in [0.1, 0.15) is 16.8 Å². The molecule has 2 aromatic heterocycles. The van der Waals surface area contributed by atoms with Crippen LogP contribution in [0.25, 0.3) is 0 Å². The zero-order valence-electron chi connectivity index (χ0n) is 10.0. The lowest BCUT2D eigenvalue weighted by Crippen LogP contribution is -2.25. The van der Waals surface area contributed by atoms with Gasteiger partial charge in [0.2, 0.25) is 0 Å². The first-order valence-corrected chi connectivity index (χ1v) is 6.47. The molecule has 0 unspecified atom stereocenters. The molecule has 0 bridgehead atoms. The number of rotatable bonds is 5. The molecule has 0 aliphatic carbocycles. The summed E-state index contributed by atoms with van der Waals surface area (Å²) in [5.41, 5.74) is 0.337. The van der Waals surface area contributed by atoms with Crippen molar-refractivity contribution in [2.75, 3.05) is 6.54 Å².